The average molecular weight is 506 g/mol. The first kappa shape index (κ1) is 26.3. The van der Waals surface area contributed by atoms with Gasteiger partial charge in [0, 0.05) is 34.9 Å². The third kappa shape index (κ3) is 7.11. The van der Waals surface area contributed by atoms with Gasteiger partial charge in [0.25, 0.3) is 5.91 Å². The van der Waals surface area contributed by atoms with Gasteiger partial charge in [-0.05, 0) is 68.7 Å². The molecule has 0 radical (unpaired) electrons. The molecule has 0 aliphatic heterocycles. The van der Waals surface area contributed by atoms with E-state index >= 15 is 0 Å². The second-order valence-corrected chi connectivity index (χ2v) is 9.30. The summed E-state index contributed by atoms with van der Waals surface area (Å²) < 4.78 is 44.0. The van der Waals surface area contributed by atoms with Gasteiger partial charge < -0.3 is 15.8 Å². The first-order valence-corrected chi connectivity index (χ1v) is 11.4. The minimum absolute atomic E-state index is 0.0839. The van der Waals surface area contributed by atoms with Gasteiger partial charge in [-0.25, -0.2) is 4.98 Å². The van der Waals surface area contributed by atoms with E-state index in [2.05, 4.69) is 10.3 Å². The van der Waals surface area contributed by atoms with Crippen molar-refractivity contribution in [3.8, 4) is 5.88 Å². The van der Waals surface area contributed by atoms with Crippen LogP contribution in [0.5, 0.6) is 5.88 Å². The summed E-state index contributed by atoms with van der Waals surface area (Å²) in [5.41, 5.74) is 6.32. The molecule has 186 valence electrons. The van der Waals surface area contributed by atoms with Crippen LogP contribution in [0.4, 0.5) is 18.9 Å². The number of carbonyl (C=O) groups is 1. The van der Waals surface area contributed by atoms with Crippen molar-refractivity contribution in [3.05, 3.63) is 88.6 Å². The molecule has 35 heavy (non-hydrogen) atoms. The Morgan fingerprint density at radius 2 is 1.80 bits per heavy atom. The fraction of sp³-hybridized carbons (Fsp3) is 0.308. The molecule has 0 fully saturated rings. The maximum absolute atomic E-state index is 13.1. The highest BCUT2D eigenvalue weighted by molar-refractivity contribution is 6.30. The van der Waals surface area contributed by atoms with Crippen molar-refractivity contribution in [1.29, 1.82) is 0 Å². The number of alkyl halides is 3. The Morgan fingerprint density at radius 1 is 1.11 bits per heavy atom. The molecule has 9 heteroatoms. The Morgan fingerprint density at radius 3 is 2.37 bits per heavy atom. The quantitative estimate of drug-likeness (QED) is 0.367. The lowest BCUT2D eigenvalue weighted by molar-refractivity contribution is -0.138. The fourth-order valence-corrected chi connectivity index (χ4v) is 3.77. The molecular weight excluding hydrogens is 479 g/mol. The Kier molecular flexibility index (Phi) is 7.95. The van der Waals surface area contributed by atoms with Crippen LogP contribution in [0.15, 0.2) is 66.9 Å². The molecule has 0 saturated heterocycles. The predicted molar refractivity (Wildman–Crippen MR) is 130 cm³/mol. The van der Waals surface area contributed by atoms with Crippen molar-refractivity contribution in [2.75, 3.05) is 5.73 Å². The van der Waals surface area contributed by atoms with Crippen molar-refractivity contribution in [3.63, 3.8) is 0 Å². The number of nitrogens with zero attached hydrogens (tertiary/aromatic N) is 1. The lowest BCUT2D eigenvalue weighted by atomic mass is 9.86. The highest BCUT2D eigenvalue weighted by atomic mass is 35.5. The number of ether oxygens (including phenoxy) is 1. The number of nitrogens with one attached hydrogen (secondary N) is 1. The summed E-state index contributed by atoms with van der Waals surface area (Å²) >= 11 is 6.02. The predicted octanol–water partition coefficient (Wildman–Crippen LogP) is 6.02. The van der Waals surface area contributed by atoms with Crippen LogP contribution in [-0.4, -0.2) is 22.5 Å². The number of aromatic nitrogens is 1. The third-order valence-electron chi connectivity index (χ3n) is 5.64. The molecule has 3 aromatic rings. The van der Waals surface area contributed by atoms with E-state index in [1.54, 1.807) is 6.07 Å². The summed E-state index contributed by atoms with van der Waals surface area (Å²) in [4.78, 5) is 16.8. The molecule has 2 aromatic carbocycles. The monoisotopic (exact) mass is 505 g/mol. The maximum atomic E-state index is 13.1. The van der Waals surface area contributed by atoms with E-state index < -0.39 is 23.2 Å². The highest BCUT2D eigenvalue weighted by Gasteiger charge is 2.34. The lowest BCUT2D eigenvalue weighted by Crippen LogP contribution is -2.51. The van der Waals surface area contributed by atoms with Gasteiger partial charge in [0.15, 0.2) is 5.60 Å². The van der Waals surface area contributed by atoms with Crippen LogP contribution in [0.3, 0.4) is 0 Å². The zero-order valence-corrected chi connectivity index (χ0v) is 20.3. The van der Waals surface area contributed by atoms with E-state index in [4.69, 9.17) is 22.1 Å². The lowest BCUT2D eigenvalue weighted by Gasteiger charge is -2.30. The molecule has 1 heterocycles. The van der Waals surface area contributed by atoms with Gasteiger partial charge in [0.05, 0.1) is 5.56 Å². The largest absolute Gasteiger partial charge is 0.462 e. The van der Waals surface area contributed by atoms with Crippen LogP contribution in [0.25, 0.3) is 0 Å². The number of anilines is 1. The van der Waals surface area contributed by atoms with Gasteiger partial charge in [-0.3, -0.25) is 4.79 Å². The van der Waals surface area contributed by atoms with Crippen LogP contribution in [-0.2, 0) is 17.4 Å². The fourth-order valence-electron chi connectivity index (χ4n) is 3.64. The molecule has 2 atom stereocenters. The van der Waals surface area contributed by atoms with Crippen LogP contribution < -0.4 is 15.8 Å². The number of nitrogen functional groups attached to an aromatic ring is 1. The van der Waals surface area contributed by atoms with Crippen LogP contribution in [0, 0.1) is 0 Å². The molecular formula is C26H27ClF3N3O2. The van der Waals surface area contributed by atoms with Crippen molar-refractivity contribution < 1.29 is 22.7 Å². The minimum atomic E-state index is -4.51. The molecule has 0 spiro atoms. The van der Waals surface area contributed by atoms with E-state index in [0.717, 1.165) is 23.3 Å². The molecule has 1 aromatic heterocycles. The Balaban J connectivity index is 1.76. The highest BCUT2D eigenvalue weighted by Crippen LogP contribution is 2.30. The number of nitrogens with two attached hydrogens (primary N) is 1. The minimum Gasteiger partial charge on any atom is -0.462 e. The molecule has 0 unspecified atom stereocenters. The van der Waals surface area contributed by atoms with E-state index in [1.807, 2.05) is 49.4 Å². The smallest absolute Gasteiger partial charge is 0.417 e. The second kappa shape index (κ2) is 10.6. The number of benzene rings is 2. The number of hydrogen-bond donors (Lipinski definition) is 2. The van der Waals surface area contributed by atoms with Crippen LogP contribution in [0.2, 0.25) is 5.02 Å². The Hall–Kier alpha value is -3.26. The van der Waals surface area contributed by atoms with Crippen molar-refractivity contribution >= 4 is 23.2 Å². The number of carbonyl (C=O) groups excluding carboxylic acids is 1. The molecule has 5 nitrogen and oxygen atoms in total. The number of pyridine rings is 1. The number of hydrogen-bond acceptors (Lipinski definition) is 4. The summed E-state index contributed by atoms with van der Waals surface area (Å²) in [5, 5.41) is 3.62. The summed E-state index contributed by atoms with van der Waals surface area (Å²) in [6.45, 7) is 4.94. The summed E-state index contributed by atoms with van der Waals surface area (Å²) in [5.74, 6) is -0.639. The van der Waals surface area contributed by atoms with Crippen molar-refractivity contribution in [1.82, 2.24) is 10.3 Å². The Labute approximate surface area is 207 Å². The number of rotatable bonds is 8. The summed E-state index contributed by atoms with van der Waals surface area (Å²) in [7, 11) is 0. The van der Waals surface area contributed by atoms with Crippen molar-refractivity contribution in [2.24, 2.45) is 0 Å². The molecule has 0 bridgehead atoms. The van der Waals surface area contributed by atoms with Crippen molar-refractivity contribution in [2.45, 2.75) is 50.9 Å². The topological polar surface area (TPSA) is 77.2 Å². The van der Waals surface area contributed by atoms with E-state index in [-0.39, 0.29) is 17.8 Å². The number of halogens is 4. The first-order chi connectivity index (χ1) is 16.3. The van der Waals surface area contributed by atoms with Gasteiger partial charge in [0.2, 0.25) is 5.88 Å². The maximum Gasteiger partial charge on any atom is 0.417 e. The molecule has 3 rings (SSSR count). The van der Waals surface area contributed by atoms with Crippen LogP contribution >= 0.6 is 11.6 Å². The summed E-state index contributed by atoms with van der Waals surface area (Å²) in [6, 6.07) is 16.6. The van der Waals surface area contributed by atoms with Gasteiger partial charge in [0.1, 0.15) is 0 Å². The second-order valence-electron chi connectivity index (χ2n) is 8.86. The number of amides is 1. The van der Waals surface area contributed by atoms with Gasteiger partial charge >= 0.3 is 6.18 Å². The molecule has 0 aliphatic rings. The third-order valence-corrected chi connectivity index (χ3v) is 5.89. The van der Waals surface area contributed by atoms with Gasteiger partial charge in [-0.2, -0.15) is 13.2 Å². The molecule has 0 aliphatic carbocycles. The van der Waals surface area contributed by atoms with Gasteiger partial charge in [-0.15, -0.1) is 0 Å². The SMILES string of the molecule is C[C@H](NC(=O)C(C)(C)Oc1ccc(C(F)(F)F)cn1)[C@@H](Cc1ccc(Cl)cc1)c1cccc(N)c1. The standard InChI is InChI=1S/C26H27ClF3N3O2/c1-16(22(18-5-4-6-21(31)14-18)13-17-7-10-20(27)11-8-17)33-24(34)25(2,3)35-23-12-9-19(15-32-23)26(28,29)30/h4-12,14-16,22H,13,31H2,1-3H3,(H,33,34)/t16-,22+/m0/s1. The average Bonchev–Trinajstić information content (AvgIpc) is 2.78. The van der Waals surface area contributed by atoms with E-state index in [1.165, 1.54) is 13.8 Å². The Bertz CT molecular complexity index is 1150. The van der Waals surface area contributed by atoms with E-state index in [0.29, 0.717) is 23.3 Å². The normalized spacial score (nSPS) is 13.7. The van der Waals surface area contributed by atoms with E-state index in [9.17, 15) is 18.0 Å². The molecule has 1 amide bonds. The molecule has 3 N–H and O–H groups in total. The summed E-state index contributed by atoms with van der Waals surface area (Å²) in [6.07, 6.45) is -3.22. The first-order valence-electron chi connectivity index (χ1n) is 11.0. The zero-order chi connectivity index (χ0) is 25.8. The van der Waals surface area contributed by atoms with Crippen LogP contribution in [0.1, 0.15) is 43.4 Å². The van der Waals surface area contributed by atoms with Gasteiger partial charge in [-0.1, -0.05) is 35.9 Å². The zero-order valence-electron chi connectivity index (χ0n) is 19.6. The molecule has 0 saturated carbocycles.